The van der Waals surface area contributed by atoms with E-state index in [4.69, 9.17) is 10.5 Å². The highest BCUT2D eigenvalue weighted by molar-refractivity contribution is 5.76. The Morgan fingerprint density at radius 2 is 1.94 bits per heavy atom. The lowest BCUT2D eigenvalue weighted by Crippen LogP contribution is -2.54. The summed E-state index contributed by atoms with van der Waals surface area (Å²) in [6.45, 7) is 8.54. The third-order valence-corrected chi connectivity index (χ3v) is 3.17. The van der Waals surface area contributed by atoms with Crippen LogP contribution in [0.4, 0.5) is 0 Å². The molecular formula is C12H24N2O2. The van der Waals surface area contributed by atoms with Crippen LogP contribution in [0.3, 0.4) is 0 Å². The average molecular weight is 228 g/mol. The van der Waals surface area contributed by atoms with Crippen LogP contribution in [0.15, 0.2) is 0 Å². The number of likely N-dealkylation sites (tertiary alicyclic amines) is 1. The number of rotatable bonds is 5. The summed E-state index contributed by atoms with van der Waals surface area (Å²) in [5.74, 6) is 0.102. The van der Waals surface area contributed by atoms with E-state index < -0.39 is 6.04 Å². The fourth-order valence-corrected chi connectivity index (χ4v) is 2.48. The molecule has 16 heavy (non-hydrogen) atoms. The molecule has 4 nitrogen and oxygen atoms in total. The van der Waals surface area contributed by atoms with E-state index in [0.29, 0.717) is 12.5 Å². The van der Waals surface area contributed by atoms with Gasteiger partial charge in [0, 0.05) is 6.04 Å². The summed E-state index contributed by atoms with van der Waals surface area (Å²) in [5, 5.41) is 0. The first kappa shape index (κ1) is 13.5. The van der Waals surface area contributed by atoms with Gasteiger partial charge in [0.15, 0.2) is 0 Å². The molecule has 1 rings (SSSR count). The van der Waals surface area contributed by atoms with Crippen LogP contribution in [-0.4, -0.2) is 42.6 Å². The quantitative estimate of drug-likeness (QED) is 0.713. The standard InChI is InChI=1S/C12H24N2O2/c1-4-16-12(15)10(13)11(9(2)3)14-7-5-6-8-14/h9-11H,4-8,13H2,1-3H3. The zero-order chi connectivity index (χ0) is 12.1. The van der Waals surface area contributed by atoms with Crippen molar-refractivity contribution in [2.24, 2.45) is 11.7 Å². The molecule has 0 saturated carbocycles. The van der Waals surface area contributed by atoms with Gasteiger partial charge >= 0.3 is 5.97 Å². The van der Waals surface area contributed by atoms with Crippen molar-refractivity contribution >= 4 is 5.97 Å². The normalized spacial score (nSPS) is 21.1. The highest BCUT2D eigenvalue weighted by atomic mass is 16.5. The number of carbonyl (C=O) groups is 1. The minimum absolute atomic E-state index is 0.113. The second-order valence-electron chi connectivity index (χ2n) is 4.76. The first-order valence-electron chi connectivity index (χ1n) is 6.24. The Bertz CT molecular complexity index is 225. The maximum Gasteiger partial charge on any atom is 0.324 e. The average Bonchev–Trinajstić information content (AvgIpc) is 2.71. The Morgan fingerprint density at radius 3 is 2.38 bits per heavy atom. The van der Waals surface area contributed by atoms with Crippen LogP contribution in [0.2, 0.25) is 0 Å². The molecule has 0 bridgehead atoms. The van der Waals surface area contributed by atoms with Gasteiger partial charge in [-0.2, -0.15) is 0 Å². The molecule has 2 N–H and O–H groups in total. The van der Waals surface area contributed by atoms with Gasteiger partial charge in [0.25, 0.3) is 0 Å². The second kappa shape index (κ2) is 6.21. The molecule has 0 radical (unpaired) electrons. The second-order valence-corrected chi connectivity index (χ2v) is 4.76. The summed E-state index contributed by atoms with van der Waals surface area (Å²) >= 11 is 0. The Balaban J connectivity index is 2.64. The van der Waals surface area contributed by atoms with Crippen molar-refractivity contribution in [3.63, 3.8) is 0 Å². The number of carbonyl (C=O) groups excluding carboxylic acids is 1. The predicted octanol–water partition coefficient (Wildman–Crippen LogP) is 0.997. The molecule has 1 saturated heterocycles. The molecule has 94 valence electrons. The van der Waals surface area contributed by atoms with E-state index in [9.17, 15) is 4.79 Å². The lowest BCUT2D eigenvalue weighted by molar-refractivity contribution is -0.146. The fourth-order valence-electron chi connectivity index (χ4n) is 2.48. The van der Waals surface area contributed by atoms with Crippen molar-refractivity contribution in [3.8, 4) is 0 Å². The summed E-state index contributed by atoms with van der Waals surface area (Å²) < 4.78 is 5.00. The van der Waals surface area contributed by atoms with Gasteiger partial charge < -0.3 is 10.5 Å². The van der Waals surface area contributed by atoms with Crippen LogP contribution >= 0.6 is 0 Å². The van der Waals surface area contributed by atoms with E-state index in [1.54, 1.807) is 0 Å². The molecule has 0 aromatic carbocycles. The minimum atomic E-state index is -0.516. The van der Waals surface area contributed by atoms with E-state index in [1.807, 2.05) is 6.92 Å². The topological polar surface area (TPSA) is 55.6 Å². The molecule has 0 aliphatic carbocycles. The van der Waals surface area contributed by atoms with Gasteiger partial charge in [-0.05, 0) is 38.8 Å². The lowest BCUT2D eigenvalue weighted by atomic mass is 9.95. The van der Waals surface area contributed by atoms with E-state index in [-0.39, 0.29) is 12.0 Å². The molecule has 2 unspecified atom stereocenters. The molecule has 4 heteroatoms. The Morgan fingerprint density at radius 1 is 1.38 bits per heavy atom. The van der Waals surface area contributed by atoms with Gasteiger partial charge in [-0.15, -0.1) is 0 Å². The third kappa shape index (κ3) is 3.19. The van der Waals surface area contributed by atoms with Crippen LogP contribution in [-0.2, 0) is 9.53 Å². The van der Waals surface area contributed by atoms with Crippen molar-refractivity contribution in [2.45, 2.75) is 45.7 Å². The van der Waals surface area contributed by atoms with Crippen LogP contribution in [0, 0.1) is 5.92 Å². The number of hydrogen-bond acceptors (Lipinski definition) is 4. The molecule has 2 atom stereocenters. The summed E-state index contributed by atoms with van der Waals surface area (Å²) in [7, 11) is 0. The minimum Gasteiger partial charge on any atom is -0.465 e. The van der Waals surface area contributed by atoms with E-state index in [2.05, 4.69) is 18.7 Å². The molecule has 1 heterocycles. The van der Waals surface area contributed by atoms with Crippen molar-refractivity contribution in [2.75, 3.05) is 19.7 Å². The Kier molecular flexibility index (Phi) is 5.22. The van der Waals surface area contributed by atoms with Crippen molar-refractivity contribution in [1.29, 1.82) is 0 Å². The van der Waals surface area contributed by atoms with Gasteiger partial charge in [0.1, 0.15) is 6.04 Å². The number of ether oxygens (including phenoxy) is 1. The molecule has 1 aliphatic heterocycles. The first-order valence-corrected chi connectivity index (χ1v) is 6.24. The summed E-state index contributed by atoms with van der Waals surface area (Å²) in [6, 6.07) is -0.403. The first-order chi connectivity index (χ1) is 7.57. The SMILES string of the molecule is CCOC(=O)C(N)C(C(C)C)N1CCCC1. The Hall–Kier alpha value is -0.610. The van der Waals surface area contributed by atoms with Crippen LogP contribution in [0.1, 0.15) is 33.6 Å². The van der Waals surface area contributed by atoms with Crippen LogP contribution in [0.25, 0.3) is 0 Å². The number of nitrogens with zero attached hydrogens (tertiary/aromatic N) is 1. The monoisotopic (exact) mass is 228 g/mol. The molecule has 0 spiro atoms. The summed E-state index contributed by atoms with van der Waals surface area (Å²) in [4.78, 5) is 14.0. The maximum atomic E-state index is 11.7. The van der Waals surface area contributed by atoms with Gasteiger partial charge in [0.05, 0.1) is 6.61 Å². The van der Waals surface area contributed by atoms with E-state index >= 15 is 0 Å². The van der Waals surface area contributed by atoms with Crippen molar-refractivity contribution < 1.29 is 9.53 Å². The highest BCUT2D eigenvalue weighted by Gasteiger charge is 2.34. The molecule has 0 aromatic rings. The molecule has 0 aromatic heterocycles. The van der Waals surface area contributed by atoms with Crippen LogP contribution in [0.5, 0.6) is 0 Å². The molecule has 1 fully saturated rings. The van der Waals surface area contributed by atoms with Crippen LogP contribution < -0.4 is 5.73 Å². The Labute approximate surface area is 98.1 Å². The molecule has 0 amide bonds. The summed E-state index contributed by atoms with van der Waals surface area (Å²) in [6.07, 6.45) is 2.41. The third-order valence-electron chi connectivity index (χ3n) is 3.17. The largest absolute Gasteiger partial charge is 0.465 e. The van der Waals surface area contributed by atoms with E-state index in [0.717, 1.165) is 13.1 Å². The van der Waals surface area contributed by atoms with Crippen molar-refractivity contribution in [3.05, 3.63) is 0 Å². The summed E-state index contributed by atoms with van der Waals surface area (Å²) in [5.41, 5.74) is 6.01. The number of hydrogen-bond donors (Lipinski definition) is 1. The van der Waals surface area contributed by atoms with Gasteiger partial charge in [-0.3, -0.25) is 9.69 Å². The lowest BCUT2D eigenvalue weighted by Gasteiger charge is -2.34. The van der Waals surface area contributed by atoms with Gasteiger partial charge in [-0.1, -0.05) is 13.8 Å². The number of esters is 1. The molecular weight excluding hydrogens is 204 g/mol. The van der Waals surface area contributed by atoms with Gasteiger partial charge in [-0.25, -0.2) is 0 Å². The van der Waals surface area contributed by atoms with E-state index in [1.165, 1.54) is 12.8 Å². The number of nitrogens with two attached hydrogens (primary N) is 1. The smallest absolute Gasteiger partial charge is 0.324 e. The van der Waals surface area contributed by atoms with Gasteiger partial charge in [0.2, 0.25) is 0 Å². The molecule has 1 aliphatic rings. The maximum absolute atomic E-state index is 11.7. The highest BCUT2D eigenvalue weighted by Crippen LogP contribution is 2.20. The zero-order valence-corrected chi connectivity index (χ0v) is 10.6. The predicted molar refractivity (Wildman–Crippen MR) is 64.0 cm³/mol. The fraction of sp³-hybridized carbons (Fsp3) is 0.917. The van der Waals surface area contributed by atoms with Crippen molar-refractivity contribution in [1.82, 2.24) is 4.90 Å². The zero-order valence-electron chi connectivity index (χ0n) is 10.6.